The predicted octanol–water partition coefficient (Wildman–Crippen LogP) is 6.45. The molecule has 1 aliphatic rings. The summed E-state index contributed by atoms with van der Waals surface area (Å²) in [7, 11) is 0. The molecule has 4 aromatic carbocycles. The van der Waals surface area contributed by atoms with Crippen LogP contribution in [0.1, 0.15) is 47.8 Å². The number of benzene rings is 4. The van der Waals surface area contributed by atoms with E-state index in [0.717, 1.165) is 11.1 Å². The zero-order valence-electron chi connectivity index (χ0n) is 28.1. The second kappa shape index (κ2) is 16.0. The summed E-state index contributed by atoms with van der Waals surface area (Å²) in [4.78, 5) is 57.5. The first-order valence-electron chi connectivity index (χ1n) is 16.3. The molecule has 1 atom stereocenters. The van der Waals surface area contributed by atoms with Crippen molar-refractivity contribution in [2.24, 2.45) is 0 Å². The summed E-state index contributed by atoms with van der Waals surface area (Å²) in [6.45, 7) is 7.21. The number of ether oxygens (including phenoxy) is 2. The summed E-state index contributed by atoms with van der Waals surface area (Å²) >= 11 is 0. The van der Waals surface area contributed by atoms with Crippen molar-refractivity contribution in [1.29, 1.82) is 0 Å². The Morgan fingerprint density at radius 3 is 1.94 bits per heavy atom. The van der Waals surface area contributed by atoms with E-state index < -0.39 is 23.6 Å². The van der Waals surface area contributed by atoms with Crippen LogP contribution in [0.15, 0.2) is 109 Å². The van der Waals surface area contributed by atoms with Gasteiger partial charge in [-0.2, -0.15) is 0 Å². The van der Waals surface area contributed by atoms with Crippen molar-refractivity contribution in [1.82, 2.24) is 10.2 Å². The summed E-state index contributed by atoms with van der Waals surface area (Å²) in [5.41, 5.74) is 2.75. The van der Waals surface area contributed by atoms with E-state index in [-0.39, 0.29) is 24.9 Å². The highest BCUT2D eigenvalue weighted by Crippen LogP contribution is 2.33. The maximum atomic E-state index is 14.2. The molecule has 4 aromatic rings. The summed E-state index contributed by atoms with van der Waals surface area (Å²) < 4.78 is 11.0. The lowest BCUT2D eigenvalue weighted by atomic mass is 9.99. The van der Waals surface area contributed by atoms with Crippen molar-refractivity contribution in [3.05, 3.63) is 131 Å². The number of ketones is 1. The quantitative estimate of drug-likeness (QED) is 0.188. The van der Waals surface area contributed by atoms with Gasteiger partial charge in [0.05, 0.1) is 11.4 Å². The molecule has 1 heterocycles. The van der Waals surface area contributed by atoms with Gasteiger partial charge in [-0.1, -0.05) is 97.1 Å². The van der Waals surface area contributed by atoms with Crippen LogP contribution in [0.4, 0.5) is 21.0 Å². The minimum absolute atomic E-state index is 0.0418. The smallest absolute Gasteiger partial charge is 0.410 e. The zero-order valence-corrected chi connectivity index (χ0v) is 28.1. The van der Waals surface area contributed by atoms with Crippen LogP contribution in [0.2, 0.25) is 0 Å². The van der Waals surface area contributed by atoms with E-state index >= 15 is 0 Å². The van der Waals surface area contributed by atoms with E-state index in [2.05, 4.69) is 10.6 Å². The fourth-order valence-corrected chi connectivity index (χ4v) is 5.50. The van der Waals surface area contributed by atoms with Gasteiger partial charge in [0.1, 0.15) is 18.2 Å². The Morgan fingerprint density at radius 2 is 1.33 bits per heavy atom. The zero-order chi connectivity index (χ0) is 34.8. The third kappa shape index (κ3) is 9.70. The first kappa shape index (κ1) is 34.7. The van der Waals surface area contributed by atoms with Crippen LogP contribution < -0.4 is 15.5 Å². The third-order valence-corrected chi connectivity index (χ3v) is 7.95. The van der Waals surface area contributed by atoms with E-state index in [9.17, 15) is 19.2 Å². The lowest BCUT2D eigenvalue weighted by Gasteiger charge is -2.37. The first-order valence-corrected chi connectivity index (χ1v) is 16.3. The topological polar surface area (TPSA) is 117 Å². The molecule has 10 heteroatoms. The highest BCUT2D eigenvalue weighted by molar-refractivity contribution is 6.16. The molecule has 1 fully saturated rings. The van der Waals surface area contributed by atoms with Gasteiger partial charge < -0.3 is 29.9 Å². The number of anilines is 2. The van der Waals surface area contributed by atoms with Crippen molar-refractivity contribution in [3.63, 3.8) is 0 Å². The van der Waals surface area contributed by atoms with Crippen molar-refractivity contribution < 1.29 is 28.7 Å². The van der Waals surface area contributed by atoms with Gasteiger partial charge in [-0.25, -0.2) is 9.59 Å². The summed E-state index contributed by atoms with van der Waals surface area (Å²) in [5, 5.41) is 5.76. The molecule has 1 saturated heterocycles. The Labute approximate surface area is 287 Å². The number of piperazine rings is 1. The number of hydrogen-bond donors (Lipinski definition) is 2. The van der Waals surface area contributed by atoms with Crippen LogP contribution in [0.25, 0.3) is 0 Å². The highest BCUT2D eigenvalue weighted by atomic mass is 16.6. The summed E-state index contributed by atoms with van der Waals surface area (Å²) in [6.07, 6.45) is -0.944. The molecule has 254 valence electrons. The molecule has 1 aliphatic heterocycles. The van der Waals surface area contributed by atoms with Gasteiger partial charge in [0.15, 0.2) is 5.78 Å². The molecule has 2 N–H and O–H groups in total. The minimum Gasteiger partial charge on any atom is -0.445 e. The van der Waals surface area contributed by atoms with Gasteiger partial charge in [0.2, 0.25) is 5.91 Å². The van der Waals surface area contributed by atoms with Crippen molar-refractivity contribution in [2.75, 3.05) is 36.4 Å². The van der Waals surface area contributed by atoms with Crippen LogP contribution in [0.5, 0.6) is 0 Å². The van der Waals surface area contributed by atoms with Gasteiger partial charge in [0.25, 0.3) is 0 Å². The second-order valence-corrected chi connectivity index (χ2v) is 12.8. The van der Waals surface area contributed by atoms with Crippen molar-refractivity contribution >= 4 is 35.3 Å². The van der Waals surface area contributed by atoms with Gasteiger partial charge in [-0.3, -0.25) is 9.59 Å². The Morgan fingerprint density at radius 1 is 0.735 bits per heavy atom. The number of carbonyl (C=O) groups is 4. The number of carbonyl (C=O) groups excluding carboxylic acids is 4. The maximum Gasteiger partial charge on any atom is 0.410 e. The normalized spacial score (nSPS) is 13.6. The van der Waals surface area contributed by atoms with Gasteiger partial charge in [-0.15, -0.1) is 0 Å². The fourth-order valence-electron chi connectivity index (χ4n) is 5.50. The molecule has 0 unspecified atom stereocenters. The standard InChI is InChI=1S/C39H42N4O6/c1-39(2,3)49-38(47)43-24-22-42(23-25-43)33-21-13-20-31(35(44)30-18-11-6-12-19-30)34(33)41-36(45)32(26-28-14-7-4-8-15-28)40-37(46)48-27-29-16-9-5-10-17-29/h4-21,32H,22-27H2,1-3H3,(H,40,46)(H,41,45)/t32-/m0/s1. The van der Waals surface area contributed by atoms with E-state index in [0.29, 0.717) is 48.7 Å². The molecular formula is C39H42N4O6. The van der Waals surface area contributed by atoms with Gasteiger partial charge in [-0.05, 0) is 44.0 Å². The summed E-state index contributed by atoms with van der Waals surface area (Å²) in [6, 6.07) is 31.7. The highest BCUT2D eigenvalue weighted by Gasteiger charge is 2.30. The molecule has 5 rings (SSSR count). The lowest BCUT2D eigenvalue weighted by molar-refractivity contribution is -0.118. The molecule has 0 aromatic heterocycles. The van der Waals surface area contributed by atoms with Crippen LogP contribution in [-0.4, -0.2) is 66.6 Å². The fraction of sp³-hybridized carbons (Fsp3) is 0.282. The molecular weight excluding hydrogens is 620 g/mol. The van der Waals surface area contributed by atoms with E-state index in [1.54, 1.807) is 41.3 Å². The number of para-hydroxylation sites is 1. The van der Waals surface area contributed by atoms with Crippen molar-refractivity contribution in [3.8, 4) is 0 Å². The number of nitrogens with one attached hydrogen (secondary N) is 2. The molecule has 0 bridgehead atoms. The average Bonchev–Trinajstić information content (AvgIpc) is 3.11. The van der Waals surface area contributed by atoms with Crippen LogP contribution in [0.3, 0.4) is 0 Å². The average molecular weight is 663 g/mol. The largest absolute Gasteiger partial charge is 0.445 e. The number of alkyl carbamates (subject to hydrolysis) is 1. The SMILES string of the molecule is CC(C)(C)OC(=O)N1CCN(c2cccc(C(=O)c3ccccc3)c2NC(=O)[C@H](Cc2ccccc2)NC(=O)OCc2ccccc2)CC1. The monoisotopic (exact) mass is 662 g/mol. The number of rotatable bonds is 10. The van der Waals surface area contributed by atoms with E-state index in [1.165, 1.54) is 0 Å². The lowest BCUT2D eigenvalue weighted by Crippen LogP contribution is -2.50. The van der Waals surface area contributed by atoms with Crippen LogP contribution in [0, 0.1) is 0 Å². The Bertz CT molecular complexity index is 1730. The maximum absolute atomic E-state index is 14.2. The molecule has 0 saturated carbocycles. The third-order valence-electron chi connectivity index (χ3n) is 7.95. The second-order valence-electron chi connectivity index (χ2n) is 12.8. The predicted molar refractivity (Wildman–Crippen MR) is 189 cm³/mol. The molecule has 0 spiro atoms. The Hall–Kier alpha value is -5.64. The van der Waals surface area contributed by atoms with E-state index in [1.807, 2.05) is 98.5 Å². The van der Waals surface area contributed by atoms with Crippen LogP contribution in [-0.2, 0) is 27.3 Å². The Kier molecular flexibility index (Phi) is 11.3. The number of amides is 3. The van der Waals surface area contributed by atoms with E-state index in [4.69, 9.17) is 9.47 Å². The molecule has 10 nitrogen and oxygen atoms in total. The Balaban J connectivity index is 1.42. The first-order chi connectivity index (χ1) is 23.6. The summed E-state index contributed by atoms with van der Waals surface area (Å²) in [5.74, 6) is -0.776. The van der Waals surface area contributed by atoms with Crippen LogP contribution >= 0.6 is 0 Å². The number of hydrogen-bond acceptors (Lipinski definition) is 7. The van der Waals surface area contributed by atoms with Gasteiger partial charge in [0, 0.05) is 43.7 Å². The molecule has 0 aliphatic carbocycles. The molecule has 49 heavy (non-hydrogen) atoms. The molecule has 0 radical (unpaired) electrons. The van der Waals surface area contributed by atoms with Gasteiger partial charge >= 0.3 is 12.2 Å². The van der Waals surface area contributed by atoms with Crippen molar-refractivity contribution in [2.45, 2.75) is 45.4 Å². The number of nitrogens with zero attached hydrogens (tertiary/aromatic N) is 2. The molecule has 3 amide bonds. The minimum atomic E-state index is -1.03.